The summed E-state index contributed by atoms with van der Waals surface area (Å²) < 4.78 is 0. The summed E-state index contributed by atoms with van der Waals surface area (Å²) in [7, 11) is 2.05. The van der Waals surface area contributed by atoms with Crippen molar-refractivity contribution in [1.82, 2.24) is 10.2 Å². The monoisotopic (exact) mass is 198 g/mol. The molecular formula is C12H26N2. The van der Waals surface area contributed by atoms with Crippen LogP contribution >= 0.6 is 0 Å². The third-order valence-corrected chi connectivity index (χ3v) is 3.26. The highest BCUT2D eigenvalue weighted by atomic mass is 15.1. The predicted molar refractivity (Wildman–Crippen MR) is 62.6 cm³/mol. The Morgan fingerprint density at radius 2 is 2.14 bits per heavy atom. The summed E-state index contributed by atoms with van der Waals surface area (Å²) >= 11 is 0. The first-order valence-corrected chi connectivity index (χ1v) is 6.15. The van der Waals surface area contributed by atoms with Crippen molar-refractivity contribution in [2.24, 2.45) is 5.92 Å². The number of nitrogens with zero attached hydrogens (tertiary/aromatic N) is 1. The molecule has 1 fully saturated rings. The van der Waals surface area contributed by atoms with Gasteiger partial charge in [-0.1, -0.05) is 6.92 Å². The molecule has 1 aliphatic carbocycles. The van der Waals surface area contributed by atoms with Gasteiger partial charge >= 0.3 is 0 Å². The maximum Gasteiger partial charge on any atom is 0.00362 e. The van der Waals surface area contributed by atoms with Crippen molar-refractivity contribution >= 4 is 0 Å². The summed E-state index contributed by atoms with van der Waals surface area (Å²) in [5.74, 6) is 1.04. The van der Waals surface area contributed by atoms with E-state index in [1.165, 1.54) is 45.3 Å². The maximum absolute atomic E-state index is 3.29. The highest BCUT2D eigenvalue weighted by Gasteiger charge is 2.23. The highest BCUT2D eigenvalue weighted by molar-refractivity contribution is 4.77. The van der Waals surface area contributed by atoms with Gasteiger partial charge in [-0.3, -0.25) is 0 Å². The first-order chi connectivity index (χ1) is 6.76. The fraction of sp³-hybridized carbons (Fsp3) is 1.00. The Morgan fingerprint density at radius 1 is 1.43 bits per heavy atom. The van der Waals surface area contributed by atoms with Crippen LogP contribution in [-0.2, 0) is 0 Å². The maximum atomic E-state index is 3.29. The Kier molecular flexibility index (Phi) is 5.49. The standard InChI is InChI=1S/C12H26N2/c1-4-14(10-12-7-8-12)9-5-6-11(2)13-3/h11-13H,4-10H2,1-3H3. The average Bonchev–Trinajstić information content (AvgIpc) is 2.99. The fourth-order valence-corrected chi connectivity index (χ4v) is 1.81. The summed E-state index contributed by atoms with van der Waals surface area (Å²) in [6.07, 6.45) is 5.59. The normalized spacial score (nSPS) is 18.9. The Hall–Kier alpha value is -0.0800. The molecule has 0 saturated heterocycles. The Morgan fingerprint density at radius 3 is 2.64 bits per heavy atom. The molecule has 1 rings (SSSR count). The van der Waals surface area contributed by atoms with Gasteiger partial charge in [0.15, 0.2) is 0 Å². The molecule has 0 bridgehead atoms. The van der Waals surface area contributed by atoms with E-state index in [9.17, 15) is 0 Å². The summed E-state index contributed by atoms with van der Waals surface area (Å²) in [6, 6.07) is 0.676. The molecule has 0 aromatic carbocycles. The van der Waals surface area contributed by atoms with Crippen LogP contribution in [0.2, 0.25) is 0 Å². The van der Waals surface area contributed by atoms with Gasteiger partial charge in [0.25, 0.3) is 0 Å². The van der Waals surface area contributed by atoms with Crippen molar-refractivity contribution in [2.45, 2.75) is 45.6 Å². The van der Waals surface area contributed by atoms with Gasteiger partial charge in [0.05, 0.1) is 0 Å². The zero-order valence-corrected chi connectivity index (χ0v) is 10.1. The van der Waals surface area contributed by atoms with Gasteiger partial charge < -0.3 is 10.2 Å². The van der Waals surface area contributed by atoms with Crippen LogP contribution in [0.3, 0.4) is 0 Å². The van der Waals surface area contributed by atoms with Crippen molar-refractivity contribution in [2.75, 3.05) is 26.7 Å². The van der Waals surface area contributed by atoms with Crippen LogP contribution in [0.1, 0.15) is 39.5 Å². The zero-order chi connectivity index (χ0) is 10.4. The summed E-state index contributed by atoms with van der Waals surface area (Å²) in [5, 5.41) is 3.29. The largest absolute Gasteiger partial charge is 0.317 e. The van der Waals surface area contributed by atoms with E-state index in [4.69, 9.17) is 0 Å². The van der Waals surface area contributed by atoms with E-state index < -0.39 is 0 Å². The third-order valence-electron chi connectivity index (χ3n) is 3.26. The molecule has 1 N–H and O–H groups in total. The molecular weight excluding hydrogens is 172 g/mol. The molecule has 0 spiro atoms. The van der Waals surface area contributed by atoms with Crippen LogP contribution in [-0.4, -0.2) is 37.6 Å². The number of hydrogen-bond donors (Lipinski definition) is 1. The lowest BCUT2D eigenvalue weighted by molar-refractivity contribution is 0.267. The molecule has 2 heteroatoms. The first kappa shape index (κ1) is 12.0. The third kappa shape index (κ3) is 4.97. The topological polar surface area (TPSA) is 15.3 Å². The van der Waals surface area contributed by atoms with Crippen LogP contribution in [0.15, 0.2) is 0 Å². The van der Waals surface area contributed by atoms with E-state index in [1.54, 1.807) is 0 Å². The van der Waals surface area contributed by atoms with Gasteiger partial charge in [0, 0.05) is 12.6 Å². The van der Waals surface area contributed by atoms with Crippen molar-refractivity contribution in [3.63, 3.8) is 0 Å². The second kappa shape index (κ2) is 6.41. The molecule has 14 heavy (non-hydrogen) atoms. The van der Waals surface area contributed by atoms with E-state index in [0.717, 1.165) is 5.92 Å². The van der Waals surface area contributed by atoms with Gasteiger partial charge in [-0.05, 0) is 58.7 Å². The first-order valence-electron chi connectivity index (χ1n) is 6.15. The van der Waals surface area contributed by atoms with E-state index >= 15 is 0 Å². The van der Waals surface area contributed by atoms with E-state index in [0.29, 0.717) is 6.04 Å². The van der Waals surface area contributed by atoms with Crippen molar-refractivity contribution < 1.29 is 0 Å². The summed E-state index contributed by atoms with van der Waals surface area (Å²) in [6.45, 7) is 8.41. The zero-order valence-electron chi connectivity index (χ0n) is 10.1. The van der Waals surface area contributed by atoms with Gasteiger partial charge in [-0.25, -0.2) is 0 Å². The SMILES string of the molecule is CCN(CCCC(C)NC)CC1CC1. The van der Waals surface area contributed by atoms with Gasteiger partial charge in [-0.2, -0.15) is 0 Å². The lowest BCUT2D eigenvalue weighted by atomic mass is 10.2. The molecule has 1 atom stereocenters. The predicted octanol–water partition coefficient (Wildman–Crippen LogP) is 2.11. The molecule has 1 unspecified atom stereocenters. The van der Waals surface area contributed by atoms with E-state index in [-0.39, 0.29) is 0 Å². The van der Waals surface area contributed by atoms with Crippen LogP contribution < -0.4 is 5.32 Å². The van der Waals surface area contributed by atoms with E-state index in [1.807, 2.05) is 7.05 Å². The molecule has 1 saturated carbocycles. The van der Waals surface area contributed by atoms with Crippen LogP contribution in [0.5, 0.6) is 0 Å². The molecule has 0 aromatic heterocycles. The van der Waals surface area contributed by atoms with Gasteiger partial charge in [0.2, 0.25) is 0 Å². The van der Waals surface area contributed by atoms with Crippen molar-refractivity contribution in [3.05, 3.63) is 0 Å². The van der Waals surface area contributed by atoms with Crippen molar-refractivity contribution in [3.8, 4) is 0 Å². The smallest absolute Gasteiger partial charge is 0.00362 e. The summed E-state index contributed by atoms with van der Waals surface area (Å²) in [4.78, 5) is 2.61. The minimum absolute atomic E-state index is 0.676. The molecule has 0 amide bonds. The molecule has 84 valence electrons. The van der Waals surface area contributed by atoms with Crippen molar-refractivity contribution in [1.29, 1.82) is 0 Å². The number of nitrogens with one attached hydrogen (secondary N) is 1. The minimum atomic E-state index is 0.676. The Balaban J connectivity index is 2.01. The summed E-state index contributed by atoms with van der Waals surface area (Å²) in [5.41, 5.74) is 0. The molecule has 0 aliphatic heterocycles. The molecule has 0 aromatic rings. The van der Waals surface area contributed by atoms with Crippen LogP contribution in [0.4, 0.5) is 0 Å². The lowest BCUT2D eigenvalue weighted by Gasteiger charge is -2.20. The second-order valence-electron chi connectivity index (χ2n) is 4.67. The Labute approximate surface area is 89.1 Å². The number of hydrogen-bond acceptors (Lipinski definition) is 2. The molecule has 2 nitrogen and oxygen atoms in total. The number of rotatable bonds is 8. The minimum Gasteiger partial charge on any atom is -0.317 e. The van der Waals surface area contributed by atoms with Gasteiger partial charge in [0.1, 0.15) is 0 Å². The lowest BCUT2D eigenvalue weighted by Crippen LogP contribution is -2.28. The second-order valence-corrected chi connectivity index (χ2v) is 4.67. The van der Waals surface area contributed by atoms with Crippen LogP contribution in [0, 0.1) is 5.92 Å². The quantitative estimate of drug-likeness (QED) is 0.642. The molecule has 0 radical (unpaired) electrons. The molecule has 1 aliphatic rings. The Bertz CT molecular complexity index is 143. The van der Waals surface area contributed by atoms with Crippen LogP contribution in [0.25, 0.3) is 0 Å². The highest BCUT2D eigenvalue weighted by Crippen LogP contribution is 2.29. The average molecular weight is 198 g/mol. The fourth-order valence-electron chi connectivity index (χ4n) is 1.81. The molecule has 0 heterocycles. The van der Waals surface area contributed by atoms with E-state index in [2.05, 4.69) is 24.1 Å². The van der Waals surface area contributed by atoms with Gasteiger partial charge in [-0.15, -0.1) is 0 Å².